The lowest BCUT2D eigenvalue weighted by molar-refractivity contribution is -0.385. The first-order valence-electron chi connectivity index (χ1n) is 10.4. The fourth-order valence-electron chi connectivity index (χ4n) is 2.85. The van der Waals surface area contributed by atoms with Gasteiger partial charge in [0.15, 0.2) is 13.6 Å². The lowest BCUT2D eigenvalue weighted by atomic mass is 10.1. The summed E-state index contributed by atoms with van der Waals surface area (Å²) in [5, 5.41) is 11.1. The number of nitro benzene ring substituents is 1. The fourth-order valence-corrected chi connectivity index (χ4v) is 2.85. The monoisotopic (exact) mass is 479 g/mol. The second-order valence-corrected chi connectivity index (χ2v) is 7.04. The molecule has 0 spiro atoms. The van der Waals surface area contributed by atoms with Gasteiger partial charge in [-0.15, -0.1) is 0 Å². The molecule has 0 aromatic heterocycles. The van der Waals surface area contributed by atoms with Gasteiger partial charge in [0.25, 0.3) is 5.69 Å². The first kappa shape index (κ1) is 27.0. The van der Waals surface area contributed by atoms with Gasteiger partial charge in [0.2, 0.25) is 0 Å². The molecule has 0 atom stereocenters. The third kappa shape index (κ3) is 8.27. The molecular formula is C23H29NO10. The molecule has 0 fully saturated rings. The summed E-state index contributed by atoms with van der Waals surface area (Å²) in [6.45, 7) is 4.39. The van der Waals surface area contributed by atoms with Crippen LogP contribution in [-0.2, 0) is 23.7 Å². The minimum absolute atomic E-state index is 0.0303. The molecule has 2 aromatic rings. The standard InChI is InChI=1S/C23H29NO10/c1-16-11-18(24(26)27)12-17(2)22(16)34-19-5-6-21(32-14-30-9-7-28-3)20(13-19)23(25)33-15-31-10-8-29-4/h5-6,11-13H,7-10,14-15H2,1-4H3. The Balaban J connectivity index is 2.21. The van der Waals surface area contributed by atoms with Crippen LogP contribution in [0.5, 0.6) is 17.2 Å². The summed E-state index contributed by atoms with van der Waals surface area (Å²) in [7, 11) is 3.09. The smallest absolute Gasteiger partial charge is 0.344 e. The van der Waals surface area contributed by atoms with Gasteiger partial charge in [-0.3, -0.25) is 10.1 Å². The van der Waals surface area contributed by atoms with Crippen molar-refractivity contribution in [1.29, 1.82) is 0 Å². The maximum Gasteiger partial charge on any atom is 0.344 e. The molecule has 0 saturated heterocycles. The molecule has 0 aliphatic carbocycles. The summed E-state index contributed by atoms with van der Waals surface area (Å²) in [5.74, 6) is 0.306. The number of non-ortho nitro benzene ring substituents is 1. The summed E-state index contributed by atoms with van der Waals surface area (Å²) in [5.41, 5.74) is 1.22. The maximum absolute atomic E-state index is 12.7. The van der Waals surface area contributed by atoms with Gasteiger partial charge in [-0.25, -0.2) is 4.79 Å². The van der Waals surface area contributed by atoms with Crippen molar-refractivity contribution in [3.05, 3.63) is 57.1 Å². The summed E-state index contributed by atoms with van der Waals surface area (Å²) >= 11 is 0. The molecule has 0 saturated carbocycles. The Bertz CT molecular complexity index is 940. The molecule has 0 amide bonds. The predicted molar refractivity (Wildman–Crippen MR) is 121 cm³/mol. The van der Waals surface area contributed by atoms with Gasteiger partial charge in [0, 0.05) is 26.4 Å². The number of hydrogen-bond acceptors (Lipinski definition) is 10. The van der Waals surface area contributed by atoms with E-state index < -0.39 is 10.9 Å². The maximum atomic E-state index is 12.7. The molecule has 11 nitrogen and oxygen atoms in total. The van der Waals surface area contributed by atoms with Gasteiger partial charge in [0.05, 0.1) is 31.4 Å². The molecule has 0 radical (unpaired) electrons. The molecule has 0 aliphatic rings. The van der Waals surface area contributed by atoms with E-state index >= 15 is 0 Å². The first-order valence-corrected chi connectivity index (χ1v) is 10.4. The molecule has 0 N–H and O–H groups in total. The number of nitro groups is 1. The van der Waals surface area contributed by atoms with E-state index in [2.05, 4.69) is 0 Å². The Morgan fingerprint density at radius 2 is 1.53 bits per heavy atom. The Morgan fingerprint density at radius 1 is 0.912 bits per heavy atom. The number of carbonyl (C=O) groups excluding carboxylic acids is 1. The molecule has 0 aliphatic heterocycles. The van der Waals surface area contributed by atoms with Crippen LogP contribution in [0.2, 0.25) is 0 Å². The van der Waals surface area contributed by atoms with Crippen molar-refractivity contribution in [3.63, 3.8) is 0 Å². The van der Waals surface area contributed by atoms with E-state index in [-0.39, 0.29) is 37.2 Å². The summed E-state index contributed by atoms with van der Waals surface area (Å²) in [4.78, 5) is 23.3. The van der Waals surface area contributed by atoms with E-state index in [9.17, 15) is 14.9 Å². The Kier molecular flexibility index (Phi) is 11.2. The van der Waals surface area contributed by atoms with E-state index in [1.165, 1.54) is 25.3 Å². The van der Waals surface area contributed by atoms with E-state index in [1.54, 1.807) is 33.1 Å². The van der Waals surface area contributed by atoms with Gasteiger partial charge in [-0.1, -0.05) is 0 Å². The highest BCUT2D eigenvalue weighted by Crippen LogP contribution is 2.34. The van der Waals surface area contributed by atoms with Crippen molar-refractivity contribution in [1.82, 2.24) is 0 Å². The lowest BCUT2D eigenvalue weighted by Gasteiger charge is -2.15. The van der Waals surface area contributed by atoms with Crippen LogP contribution in [0.3, 0.4) is 0 Å². The zero-order valence-corrected chi connectivity index (χ0v) is 19.7. The third-order valence-electron chi connectivity index (χ3n) is 4.48. The average Bonchev–Trinajstić information content (AvgIpc) is 2.81. The molecule has 0 bridgehead atoms. The SMILES string of the molecule is COCCOCOC(=O)c1cc(Oc2c(C)cc([N+](=O)[O-])cc2C)ccc1OCOCCOC. The molecule has 186 valence electrons. The number of ether oxygens (including phenoxy) is 7. The van der Waals surface area contributed by atoms with Crippen LogP contribution in [-0.4, -0.2) is 65.1 Å². The Hall–Kier alpha value is -3.25. The highest BCUT2D eigenvalue weighted by Gasteiger charge is 2.18. The highest BCUT2D eigenvalue weighted by molar-refractivity contribution is 5.93. The molecule has 0 heterocycles. The van der Waals surface area contributed by atoms with Crippen LogP contribution in [0, 0.1) is 24.0 Å². The van der Waals surface area contributed by atoms with Crippen LogP contribution in [0.4, 0.5) is 5.69 Å². The van der Waals surface area contributed by atoms with Gasteiger partial charge >= 0.3 is 5.97 Å². The Labute approximate surface area is 197 Å². The second-order valence-electron chi connectivity index (χ2n) is 7.04. The van der Waals surface area contributed by atoms with Crippen molar-refractivity contribution < 1.29 is 42.9 Å². The predicted octanol–water partition coefficient (Wildman–Crippen LogP) is 3.78. The van der Waals surface area contributed by atoms with Crippen LogP contribution >= 0.6 is 0 Å². The lowest BCUT2D eigenvalue weighted by Crippen LogP contribution is -2.14. The summed E-state index contributed by atoms with van der Waals surface area (Å²) in [6.07, 6.45) is 0. The van der Waals surface area contributed by atoms with Crippen molar-refractivity contribution in [3.8, 4) is 17.2 Å². The van der Waals surface area contributed by atoms with Crippen molar-refractivity contribution >= 4 is 11.7 Å². The molecule has 34 heavy (non-hydrogen) atoms. The van der Waals surface area contributed by atoms with Gasteiger partial charge in [-0.2, -0.15) is 0 Å². The van der Waals surface area contributed by atoms with Gasteiger partial charge < -0.3 is 33.2 Å². The second kappa shape index (κ2) is 14.1. The van der Waals surface area contributed by atoms with Crippen LogP contribution in [0.1, 0.15) is 21.5 Å². The number of benzene rings is 2. The highest BCUT2D eigenvalue weighted by atomic mass is 16.7. The first-order chi connectivity index (χ1) is 16.4. The number of nitrogens with zero attached hydrogens (tertiary/aromatic N) is 1. The fraction of sp³-hybridized carbons (Fsp3) is 0.435. The molecule has 2 rings (SSSR count). The Morgan fingerprint density at radius 3 is 2.12 bits per heavy atom. The quantitative estimate of drug-likeness (QED) is 0.122. The number of esters is 1. The van der Waals surface area contributed by atoms with Crippen LogP contribution in [0.25, 0.3) is 0 Å². The van der Waals surface area contributed by atoms with Gasteiger partial charge in [-0.05, 0) is 43.2 Å². The number of carbonyl (C=O) groups is 1. The van der Waals surface area contributed by atoms with Crippen LogP contribution < -0.4 is 9.47 Å². The van der Waals surface area contributed by atoms with E-state index in [1.807, 2.05) is 0 Å². The molecule has 0 unspecified atom stereocenters. The van der Waals surface area contributed by atoms with E-state index in [0.29, 0.717) is 42.4 Å². The van der Waals surface area contributed by atoms with Crippen molar-refractivity contribution in [2.24, 2.45) is 0 Å². The topological polar surface area (TPSA) is 125 Å². The minimum atomic E-state index is -0.688. The zero-order valence-electron chi connectivity index (χ0n) is 19.7. The number of rotatable bonds is 15. The number of methoxy groups -OCH3 is 2. The zero-order chi connectivity index (χ0) is 24.9. The minimum Gasteiger partial charge on any atom is -0.467 e. The molecule has 11 heteroatoms. The van der Waals surface area contributed by atoms with Crippen molar-refractivity contribution in [2.75, 3.05) is 54.2 Å². The number of hydrogen-bond donors (Lipinski definition) is 0. The molecule has 2 aromatic carbocycles. The molecular weight excluding hydrogens is 450 g/mol. The van der Waals surface area contributed by atoms with E-state index in [4.69, 9.17) is 33.2 Å². The summed E-state index contributed by atoms with van der Waals surface area (Å²) < 4.78 is 37.0. The van der Waals surface area contributed by atoms with Crippen molar-refractivity contribution in [2.45, 2.75) is 13.8 Å². The average molecular weight is 479 g/mol. The normalized spacial score (nSPS) is 10.7. The number of aryl methyl sites for hydroxylation is 2. The van der Waals surface area contributed by atoms with Gasteiger partial charge in [0.1, 0.15) is 22.8 Å². The summed E-state index contributed by atoms with van der Waals surface area (Å²) in [6, 6.07) is 7.46. The van der Waals surface area contributed by atoms with Crippen LogP contribution in [0.15, 0.2) is 30.3 Å². The van der Waals surface area contributed by atoms with E-state index in [0.717, 1.165) is 0 Å². The largest absolute Gasteiger partial charge is 0.467 e. The third-order valence-corrected chi connectivity index (χ3v) is 4.48.